The minimum Gasteiger partial charge on any atom is -0.322 e. The first kappa shape index (κ1) is 23.6. The van der Waals surface area contributed by atoms with Gasteiger partial charge in [-0.1, -0.05) is 109 Å². The average Bonchev–Trinajstić information content (AvgIpc) is 3.67. The molecule has 40 heavy (non-hydrogen) atoms. The van der Waals surface area contributed by atoms with Gasteiger partial charge in [0, 0.05) is 16.7 Å². The lowest BCUT2D eigenvalue weighted by molar-refractivity contribution is 0.786. The van der Waals surface area contributed by atoms with Crippen LogP contribution >= 0.6 is 0 Å². The summed E-state index contributed by atoms with van der Waals surface area (Å²) < 4.78 is 2.24. The Morgan fingerprint density at radius 2 is 1.23 bits per heavy atom. The van der Waals surface area contributed by atoms with Crippen molar-refractivity contribution in [2.24, 2.45) is 0 Å². The SMILES string of the molecule is Cc1nc2c(-c3ccccc3)nnc(-c3ccccc3)c2n1Cc1ccccc1-c1ccccc1-c1nn[nH]n1. The molecule has 3 heterocycles. The maximum Gasteiger partial charge on any atom is 0.205 e. The standard InChI is InChI=1S/C32H24N8/c1-21-33-30-28(22-12-4-2-5-13-22)34-35-29(23-14-6-3-7-15-23)31(30)40(21)20-24-16-8-9-17-25(24)26-18-10-11-19-27(26)32-36-38-39-37-32/h2-19H,20H2,1H3,(H,36,37,38,39). The lowest BCUT2D eigenvalue weighted by atomic mass is 9.95. The highest BCUT2D eigenvalue weighted by atomic mass is 15.5. The van der Waals surface area contributed by atoms with Gasteiger partial charge < -0.3 is 4.57 Å². The lowest BCUT2D eigenvalue weighted by Crippen LogP contribution is -2.06. The van der Waals surface area contributed by atoms with Crippen LogP contribution in [0.15, 0.2) is 109 Å². The van der Waals surface area contributed by atoms with E-state index in [-0.39, 0.29) is 0 Å². The van der Waals surface area contributed by atoms with Crippen LogP contribution in [-0.4, -0.2) is 40.4 Å². The summed E-state index contributed by atoms with van der Waals surface area (Å²) >= 11 is 0. The molecule has 0 saturated heterocycles. The van der Waals surface area contributed by atoms with Crippen LogP contribution in [0.5, 0.6) is 0 Å². The first-order valence-electron chi connectivity index (χ1n) is 13.0. The van der Waals surface area contributed by atoms with Crippen molar-refractivity contribution in [2.45, 2.75) is 13.5 Å². The summed E-state index contributed by atoms with van der Waals surface area (Å²) in [5.74, 6) is 1.45. The monoisotopic (exact) mass is 520 g/mol. The van der Waals surface area contributed by atoms with Crippen LogP contribution in [0.25, 0.3) is 56.1 Å². The molecular weight excluding hydrogens is 496 g/mol. The molecule has 0 aliphatic rings. The number of nitrogens with one attached hydrogen (secondary N) is 1. The first-order valence-corrected chi connectivity index (χ1v) is 13.0. The van der Waals surface area contributed by atoms with Crippen LogP contribution in [0.4, 0.5) is 0 Å². The molecule has 7 rings (SSSR count). The van der Waals surface area contributed by atoms with Crippen molar-refractivity contribution in [1.82, 2.24) is 40.4 Å². The summed E-state index contributed by atoms with van der Waals surface area (Å²) in [5, 5.41) is 24.3. The normalized spacial score (nSPS) is 11.2. The fraction of sp³-hybridized carbons (Fsp3) is 0.0625. The zero-order valence-corrected chi connectivity index (χ0v) is 21.7. The zero-order valence-electron chi connectivity index (χ0n) is 21.7. The number of nitrogens with zero attached hydrogens (tertiary/aromatic N) is 7. The number of imidazole rings is 1. The Balaban J connectivity index is 1.43. The maximum atomic E-state index is 5.06. The highest BCUT2D eigenvalue weighted by molar-refractivity contribution is 5.97. The van der Waals surface area contributed by atoms with E-state index < -0.39 is 0 Å². The fourth-order valence-corrected chi connectivity index (χ4v) is 5.22. The first-order chi connectivity index (χ1) is 19.8. The number of rotatable bonds is 6. The Morgan fingerprint density at radius 1 is 0.625 bits per heavy atom. The number of aryl methyl sites for hydroxylation is 1. The van der Waals surface area contributed by atoms with Gasteiger partial charge in [0.2, 0.25) is 5.82 Å². The molecule has 0 radical (unpaired) electrons. The third kappa shape index (κ3) is 4.12. The van der Waals surface area contributed by atoms with E-state index in [1.165, 1.54) is 0 Å². The maximum absolute atomic E-state index is 5.06. The number of aromatic nitrogens is 8. The quantitative estimate of drug-likeness (QED) is 0.274. The van der Waals surface area contributed by atoms with Gasteiger partial charge in [-0.15, -0.1) is 20.4 Å². The van der Waals surface area contributed by atoms with Gasteiger partial charge in [-0.25, -0.2) is 4.98 Å². The Hall–Kier alpha value is -5.50. The van der Waals surface area contributed by atoms with E-state index in [9.17, 15) is 0 Å². The zero-order chi connectivity index (χ0) is 26.9. The van der Waals surface area contributed by atoms with Crippen LogP contribution in [0, 0.1) is 6.92 Å². The number of tetrazole rings is 1. The molecule has 0 atom stereocenters. The summed E-state index contributed by atoms with van der Waals surface area (Å²) in [7, 11) is 0. The highest BCUT2D eigenvalue weighted by Crippen LogP contribution is 2.36. The van der Waals surface area contributed by atoms with Gasteiger partial charge in [0.15, 0.2) is 0 Å². The van der Waals surface area contributed by atoms with Crippen LogP contribution in [0.3, 0.4) is 0 Å². The third-order valence-corrected chi connectivity index (χ3v) is 7.10. The largest absolute Gasteiger partial charge is 0.322 e. The van der Waals surface area contributed by atoms with Gasteiger partial charge in [0.25, 0.3) is 0 Å². The van der Waals surface area contributed by atoms with Crippen molar-refractivity contribution >= 4 is 11.0 Å². The van der Waals surface area contributed by atoms with Crippen LogP contribution < -0.4 is 0 Å². The topological polar surface area (TPSA) is 98.1 Å². The van der Waals surface area contributed by atoms with E-state index in [4.69, 9.17) is 10.1 Å². The lowest BCUT2D eigenvalue weighted by Gasteiger charge is -2.15. The van der Waals surface area contributed by atoms with Crippen LogP contribution in [-0.2, 0) is 6.54 Å². The molecule has 3 aromatic heterocycles. The van der Waals surface area contributed by atoms with Gasteiger partial charge in [0.05, 0.1) is 12.1 Å². The molecule has 0 bridgehead atoms. The van der Waals surface area contributed by atoms with Crippen molar-refractivity contribution in [1.29, 1.82) is 0 Å². The van der Waals surface area contributed by atoms with Gasteiger partial charge in [-0.2, -0.15) is 5.21 Å². The van der Waals surface area contributed by atoms with E-state index in [0.29, 0.717) is 12.4 Å². The smallest absolute Gasteiger partial charge is 0.205 e. The molecule has 0 aliphatic heterocycles. The molecule has 7 aromatic rings. The van der Waals surface area contributed by atoms with Crippen molar-refractivity contribution in [3.05, 3.63) is 121 Å². The molecular formula is C32H24N8. The van der Waals surface area contributed by atoms with E-state index in [1.807, 2.05) is 73.7 Å². The van der Waals surface area contributed by atoms with Crippen molar-refractivity contribution in [2.75, 3.05) is 0 Å². The summed E-state index contributed by atoms with van der Waals surface area (Å²) in [5.41, 5.74) is 9.53. The predicted molar refractivity (Wildman–Crippen MR) is 155 cm³/mol. The number of H-pyrrole nitrogens is 1. The minimum atomic E-state index is 0.559. The second-order valence-corrected chi connectivity index (χ2v) is 9.51. The van der Waals surface area contributed by atoms with Crippen molar-refractivity contribution in [3.63, 3.8) is 0 Å². The summed E-state index contributed by atoms with van der Waals surface area (Å²) in [6, 6.07) is 36.8. The number of benzene rings is 4. The molecule has 0 fully saturated rings. The third-order valence-electron chi connectivity index (χ3n) is 7.10. The number of fused-ring (bicyclic) bond motifs is 1. The van der Waals surface area contributed by atoms with Crippen molar-refractivity contribution in [3.8, 4) is 45.0 Å². The molecule has 192 valence electrons. The molecule has 1 N–H and O–H groups in total. The highest BCUT2D eigenvalue weighted by Gasteiger charge is 2.21. The van der Waals surface area contributed by atoms with E-state index in [1.54, 1.807) is 0 Å². The van der Waals surface area contributed by atoms with E-state index in [0.717, 1.165) is 61.6 Å². The van der Waals surface area contributed by atoms with Gasteiger partial charge in [-0.05, 0) is 28.8 Å². The number of hydrogen-bond donors (Lipinski definition) is 1. The average molecular weight is 521 g/mol. The summed E-state index contributed by atoms with van der Waals surface area (Å²) in [6.07, 6.45) is 0. The fourth-order valence-electron chi connectivity index (χ4n) is 5.22. The van der Waals surface area contributed by atoms with Crippen LogP contribution in [0.1, 0.15) is 11.4 Å². The summed E-state index contributed by atoms with van der Waals surface area (Å²) in [4.78, 5) is 5.06. The molecule has 0 saturated carbocycles. The summed E-state index contributed by atoms with van der Waals surface area (Å²) in [6.45, 7) is 2.64. The van der Waals surface area contributed by atoms with E-state index in [2.05, 4.69) is 72.8 Å². The molecule has 0 aliphatic carbocycles. The van der Waals surface area contributed by atoms with E-state index >= 15 is 0 Å². The van der Waals surface area contributed by atoms with Crippen LogP contribution in [0.2, 0.25) is 0 Å². The Bertz CT molecular complexity index is 1930. The molecule has 4 aromatic carbocycles. The Labute approximate surface area is 230 Å². The molecule has 0 amide bonds. The molecule has 0 unspecified atom stereocenters. The van der Waals surface area contributed by atoms with Gasteiger partial charge in [-0.3, -0.25) is 0 Å². The van der Waals surface area contributed by atoms with Gasteiger partial charge >= 0.3 is 0 Å². The van der Waals surface area contributed by atoms with Gasteiger partial charge in [0.1, 0.15) is 22.7 Å². The second-order valence-electron chi connectivity index (χ2n) is 9.51. The minimum absolute atomic E-state index is 0.559. The number of aromatic amines is 1. The Kier molecular flexibility index (Phi) is 5.90. The molecule has 8 nitrogen and oxygen atoms in total. The van der Waals surface area contributed by atoms with Crippen molar-refractivity contribution < 1.29 is 0 Å². The number of hydrogen-bond acceptors (Lipinski definition) is 6. The Morgan fingerprint density at radius 3 is 1.93 bits per heavy atom. The second kappa shape index (κ2) is 9.99. The molecule has 0 spiro atoms. The predicted octanol–water partition coefficient (Wildman–Crippen LogP) is 6.36. The molecule has 8 heteroatoms.